The Labute approximate surface area is 82.4 Å². The number of hydrogen-bond donors (Lipinski definition) is 1. The van der Waals surface area contributed by atoms with Crippen molar-refractivity contribution in [3.8, 4) is 0 Å². The average Bonchev–Trinajstić information content (AvgIpc) is 2.16. The van der Waals surface area contributed by atoms with E-state index in [1.807, 2.05) is 0 Å². The molecule has 1 atom stereocenters. The lowest BCUT2D eigenvalue weighted by molar-refractivity contribution is 0.0853. The van der Waals surface area contributed by atoms with E-state index in [0.29, 0.717) is 12.6 Å². The van der Waals surface area contributed by atoms with Crippen LogP contribution in [0.3, 0.4) is 0 Å². The van der Waals surface area contributed by atoms with Crippen LogP contribution in [0.1, 0.15) is 33.6 Å². The minimum Gasteiger partial charge on any atom is -0.373 e. The summed E-state index contributed by atoms with van der Waals surface area (Å²) in [5, 5.41) is 3.47. The Hall–Kier alpha value is -0.340. The molecule has 2 nitrogen and oxygen atoms in total. The molecule has 0 amide bonds. The quantitative estimate of drug-likeness (QED) is 0.586. The summed E-state index contributed by atoms with van der Waals surface area (Å²) < 4.78 is 5.45. The normalized spacial score (nSPS) is 13.2. The molecule has 0 aromatic carbocycles. The summed E-state index contributed by atoms with van der Waals surface area (Å²) in [5.41, 5.74) is 0. The van der Waals surface area contributed by atoms with Crippen molar-refractivity contribution in [2.24, 2.45) is 0 Å². The predicted octanol–water partition coefficient (Wildman–Crippen LogP) is 2.36. The topological polar surface area (TPSA) is 21.3 Å². The van der Waals surface area contributed by atoms with Gasteiger partial charge in [0.1, 0.15) is 0 Å². The van der Waals surface area contributed by atoms with E-state index >= 15 is 0 Å². The molecule has 1 N–H and O–H groups in total. The van der Waals surface area contributed by atoms with E-state index in [4.69, 9.17) is 4.74 Å². The lowest BCUT2D eigenvalue weighted by Crippen LogP contribution is -2.34. The maximum Gasteiger partial charge on any atom is 0.0675 e. The molecule has 0 aliphatic heterocycles. The summed E-state index contributed by atoms with van der Waals surface area (Å²) in [4.78, 5) is 0. The van der Waals surface area contributed by atoms with Gasteiger partial charge in [-0.1, -0.05) is 19.9 Å². The van der Waals surface area contributed by atoms with Gasteiger partial charge in [-0.3, -0.25) is 0 Å². The van der Waals surface area contributed by atoms with Crippen LogP contribution in [0.25, 0.3) is 0 Å². The molecule has 0 aliphatic carbocycles. The third kappa shape index (κ3) is 6.79. The molecule has 0 aromatic rings. The van der Waals surface area contributed by atoms with Gasteiger partial charge < -0.3 is 10.1 Å². The molecule has 0 aliphatic rings. The van der Waals surface area contributed by atoms with Crippen molar-refractivity contribution in [2.45, 2.75) is 45.8 Å². The highest BCUT2D eigenvalue weighted by atomic mass is 16.5. The smallest absolute Gasteiger partial charge is 0.0675 e. The first-order chi connectivity index (χ1) is 6.24. The highest BCUT2D eigenvalue weighted by Crippen LogP contribution is 1.97. The second kappa shape index (κ2) is 8.27. The van der Waals surface area contributed by atoms with Crippen LogP contribution in [-0.2, 0) is 4.74 Å². The van der Waals surface area contributed by atoms with Crippen LogP contribution in [0.5, 0.6) is 0 Å². The van der Waals surface area contributed by atoms with Gasteiger partial charge in [0.2, 0.25) is 0 Å². The van der Waals surface area contributed by atoms with Crippen LogP contribution < -0.4 is 5.32 Å². The van der Waals surface area contributed by atoms with Crippen LogP contribution in [0, 0.1) is 0 Å². The summed E-state index contributed by atoms with van der Waals surface area (Å²) in [6.07, 6.45) is 4.43. The van der Waals surface area contributed by atoms with E-state index in [9.17, 15) is 0 Å². The van der Waals surface area contributed by atoms with Crippen molar-refractivity contribution < 1.29 is 4.74 Å². The number of ether oxygens (including phenoxy) is 1. The molecule has 0 radical (unpaired) electrons. The second-order valence-electron chi connectivity index (χ2n) is 3.35. The maximum atomic E-state index is 5.45. The third-order valence-electron chi connectivity index (χ3n) is 2.18. The Morgan fingerprint density at radius 2 is 2.00 bits per heavy atom. The molecule has 0 saturated carbocycles. The lowest BCUT2D eigenvalue weighted by atomic mass is 10.1. The Balaban J connectivity index is 3.43. The fourth-order valence-corrected chi connectivity index (χ4v) is 1.20. The first-order valence-electron chi connectivity index (χ1n) is 5.20. The molecule has 0 spiro atoms. The van der Waals surface area contributed by atoms with E-state index in [-0.39, 0.29) is 6.10 Å². The minimum absolute atomic E-state index is 0.276. The van der Waals surface area contributed by atoms with Gasteiger partial charge in [-0.2, -0.15) is 0 Å². The minimum atomic E-state index is 0.276. The van der Waals surface area contributed by atoms with Crippen molar-refractivity contribution in [2.75, 3.05) is 13.2 Å². The van der Waals surface area contributed by atoms with Crippen molar-refractivity contribution in [3.05, 3.63) is 12.7 Å². The van der Waals surface area contributed by atoms with Gasteiger partial charge in [0.05, 0.1) is 12.7 Å². The Morgan fingerprint density at radius 1 is 1.38 bits per heavy atom. The summed E-state index contributed by atoms with van der Waals surface area (Å²) in [6.45, 7) is 11.7. The highest BCUT2D eigenvalue weighted by Gasteiger charge is 2.05. The summed E-state index contributed by atoms with van der Waals surface area (Å²) in [6, 6.07) is 0.634. The zero-order valence-electron chi connectivity index (χ0n) is 9.18. The fraction of sp³-hybridized carbons (Fsp3) is 0.818. The standard InChI is InChI=1S/C11H23NO/c1-5-8-13-10(4)9-12-11(6-2)7-3/h5,10-12H,1,6-9H2,2-4H3. The van der Waals surface area contributed by atoms with E-state index in [1.54, 1.807) is 6.08 Å². The highest BCUT2D eigenvalue weighted by molar-refractivity contribution is 4.68. The molecule has 13 heavy (non-hydrogen) atoms. The molecule has 2 heteroatoms. The molecular formula is C11H23NO. The molecule has 0 bridgehead atoms. The fourth-order valence-electron chi connectivity index (χ4n) is 1.20. The molecule has 0 aromatic heterocycles. The van der Waals surface area contributed by atoms with E-state index < -0.39 is 0 Å². The van der Waals surface area contributed by atoms with Gasteiger partial charge in [-0.25, -0.2) is 0 Å². The Bertz CT molecular complexity index is 121. The van der Waals surface area contributed by atoms with Crippen molar-refractivity contribution in [1.82, 2.24) is 5.32 Å². The molecule has 0 saturated heterocycles. The Morgan fingerprint density at radius 3 is 2.46 bits per heavy atom. The SMILES string of the molecule is C=CCOC(C)CNC(CC)CC. The molecule has 0 fully saturated rings. The molecular weight excluding hydrogens is 162 g/mol. The van der Waals surface area contributed by atoms with E-state index in [1.165, 1.54) is 12.8 Å². The van der Waals surface area contributed by atoms with Gasteiger partial charge in [0.25, 0.3) is 0 Å². The zero-order valence-corrected chi connectivity index (χ0v) is 9.18. The van der Waals surface area contributed by atoms with Crippen molar-refractivity contribution >= 4 is 0 Å². The van der Waals surface area contributed by atoms with Crippen LogP contribution in [0.2, 0.25) is 0 Å². The van der Waals surface area contributed by atoms with E-state index in [0.717, 1.165) is 6.54 Å². The largest absolute Gasteiger partial charge is 0.373 e. The van der Waals surface area contributed by atoms with Gasteiger partial charge >= 0.3 is 0 Å². The maximum absolute atomic E-state index is 5.45. The molecule has 0 rings (SSSR count). The molecule has 78 valence electrons. The van der Waals surface area contributed by atoms with Gasteiger partial charge in [-0.15, -0.1) is 6.58 Å². The summed E-state index contributed by atoms with van der Waals surface area (Å²) in [7, 11) is 0. The average molecular weight is 185 g/mol. The van der Waals surface area contributed by atoms with Crippen LogP contribution in [0.4, 0.5) is 0 Å². The van der Waals surface area contributed by atoms with Crippen LogP contribution >= 0.6 is 0 Å². The summed E-state index contributed by atoms with van der Waals surface area (Å²) >= 11 is 0. The monoisotopic (exact) mass is 185 g/mol. The molecule has 1 unspecified atom stereocenters. The van der Waals surface area contributed by atoms with Crippen molar-refractivity contribution in [3.63, 3.8) is 0 Å². The lowest BCUT2D eigenvalue weighted by Gasteiger charge is -2.18. The zero-order chi connectivity index (χ0) is 10.1. The molecule has 0 heterocycles. The summed E-state index contributed by atoms with van der Waals surface area (Å²) in [5.74, 6) is 0. The van der Waals surface area contributed by atoms with Crippen LogP contribution in [-0.4, -0.2) is 25.3 Å². The third-order valence-corrected chi connectivity index (χ3v) is 2.18. The van der Waals surface area contributed by atoms with E-state index in [2.05, 4.69) is 32.7 Å². The Kier molecular flexibility index (Phi) is 8.05. The van der Waals surface area contributed by atoms with Crippen molar-refractivity contribution in [1.29, 1.82) is 0 Å². The van der Waals surface area contributed by atoms with Crippen LogP contribution in [0.15, 0.2) is 12.7 Å². The van der Waals surface area contributed by atoms with Gasteiger partial charge in [0, 0.05) is 12.6 Å². The van der Waals surface area contributed by atoms with Gasteiger partial charge in [-0.05, 0) is 19.8 Å². The first-order valence-corrected chi connectivity index (χ1v) is 5.20. The number of nitrogens with one attached hydrogen (secondary N) is 1. The predicted molar refractivity (Wildman–Crippen MR) is 58.0 cm³/mol. The second-order valence-corrected chi connectivity index (χ2v) is 3.35. The van der Waals surface area contributed by atoms with Gasteiger partial charge in [0.15, 0.2) is 0 Å². The number of hydrogen-bond acceptors (Lipinski definition) is 2. The first kappa shape index (κ1) is 12.7. The number of rotatable bonds is 8.